The van der Waals surface area contributed by atoms with E-state index in [0.717, 1.165) is 10.6 Å². The molecule has 4 heteroatoms. The second kappa shape index (κ2) is 6.96. The first kappa shape index (κ1) is 14.4. The Kier molecular flexibility index (Phi) is 5.28. The van der Waals surface area contributed by atoms with E-state index in [1.54, 1.807) is 14.0 Å². The number of nitrogens with one attached hydrogen (secondary N) is 1. The van der Waals surface area contributed by atoms with Crippen LogP contribution >= 0.6 is 11.8 Å². The first-order valence-electron chi connectivity index (χ1n) is 6.80. The predicted octanol–water partition coefficient (Wildman–Crippen LogP) is 3.69. The number of rotatable bonds is 5. The molecular formula is C15H21NO2S. The summed E-state index contributed by atoms with van der Waals surface area (Å²) in [6, 6.07) is 8.01. The van der Waals surface area contributed by atoms with Gasteiger partial charge in [0.2, 0.25) is 0 Å². The van der Waals surface area contributed by atoms with Crippen molar-refractivity contribution in [3.63, 3.8) is 0 Å². The number of ether oxygens (including phenoxy) is 1. The molecule has 1 fully saturated rings. The lowest BCUT2D eigenvalue weighted by Gasteiger charge is -2.15. The first-order chi connectivity index (χ1) is 9.20. The Morgan fingerprint density at radius 1 is 1.37 bits per heavy atom. The minimum absolute atomic E-state index is 0.0954. The van der Waals surface area contributed by atoms with Crippen molar-refractivity contribution in [2.75, 3.05) is 12.4 Å². The summed E-state index contributed by atoms with van der Waals surface area (Å²) in [4.78, 5) is 13.0. The molecule has 0 aromatic heterocycles. The van der Waals surface area contributed by atoms with E-state index in [4.69, 9.17) is 4.74 Å². The average molecular weight is 279 g/mol. The van der Waals surface area contributed by atoms with E-state index in [9.17, 15) is 4.79 Å². The monoisotopic (exact) mass is 279 g/mol. The van der Waals surface area contributed by atoms with Gasteiger partial charge in [0.1, 0.15) is 6.10 Å². The second-order valence-corrected chi connectivity index (χ2v) is 6.23. The molecule has 104 valence electrons. The number of thioether (sulfide) groups is 1. The van der Waals surface area contributed by atoms with Crippen LogP contribution in [0.4, 0.5) is 5.69 Å². The van der Waals surface area contributed by atoms with Crippen molar-refractivity contribution in [1.29, 1.82) is 0 Å². The molecule has 0 bridgehead atoms. The van der Waals surface area contributed by atoms with Crippen molar-refractivity contribution in [2.24, 2.45) is 0 Å². The van der Waals surface area contributed by atoms with Gasteiger partial charge in [0.15, 0.2) is 0 Å². The smallest absolute Gasteiger partial charge is 0.253 e. The molecule has 0 heterocycles. The number of carbonyl (C=O) groups excluding carboxylic acids is 1. The molecule has 1 unspecified atom stereocenters. The van der Waals surface area contributed by atoms with E-state index in [1.807, 2.05) is 30.0 Å². The first-order valence-corrected chi connectivity index (χ1v) is 7.68. The third kappa shape index (κ3) is 3.98. The number of carbonyl (C=O) groups is 1. The SMILES string of the molecule is COC(C)C(=O)Nc1ccccc1SC1CCCC1. The van der Waals surface area contributed by atoms with Gasteiger partial charge >= 0.3 is 0 Å². The predicted molar refractivity (Wildman–Crippen MR) is 79.7 cm³/mol. The molecule has 1 amide bonds. The molecule has 0 saturated heterocycles. The molecule has 19 heavy (non-hydrogen) atoms. The molecule has 1 aliphatic carbocycles. The van der Waals surface area contributed by atoms with E-state index < -0.39 is 6.10 Å². The number of methoxy groups -OCH3 is 1. The van der Waals surface area contributed by atoms with Crippen molar-refractivity contribution in [2.45, 2.75) is 48.9 Å². The fourth-order valence-corrected chi connectivity index (χ4v) is 3.53. The summed E-state index contributed by atoms with van der Waals surface area (Å²) in [7, 11) is 1.55. The van der Waals surface area contributed by atoms with Gasteiger partial charge in [-0.15, -0.1) is 11.8 Å². The van der Waals surface area contributed by atoms with E-state index in [0.29, 0.717) is 5.25 Å². The molecule has 1 atom stereocenters. The zero-order chi connectivity index (χ0) is 13.7. The maximum Gasteiger partial charge on any atom is 0.253 e. The topological polar surface area (TPSA) is 38.3 Å². The van der Waals surface area contributed by atoms with Crippen LogP contribution in [0.3, 0.4) is 0 Å². The standard InChI is InChI=1S/C15H21NO2S/c1-11(18-2)15(17)16-13-9-5-6-10-14(13)19-12-7-3-4-8-12/h5-6,9-12H,3-4,7-8H2,1-2H3,(H,16,17). The highest BCUT2D eigenvalue weighted by Gasteiger charge is 2.19. The van der Waals surface area contributed by atoms with Gasteiger partial charge in [0.25, 0.3) is 5.91 Å². The van der Waals surface area contributed by atoms with Crippen LogP contribution in [-0.4, -0.2) is 24.4 Å². The quantitative estimate of drug-likeness (QED) is 0.893. The lowest BCUT2D eigenvalue weighted by Crippen LogP contribution is -2.26. The summed E-state index contributed by atoms with van der Waals surface area (Å²) in [5.74, 6) is -0.0954. The molecule has 1 aromatic rings. The molecule has 0 radical (unpaired) electrons. The largest absolute Gasteiger partial charge is 0.372 e. The number of benzene rings is 1. The molecule has 1 aliphatic rings. The van der Waals surface area contributed by atoms with E-state index in [2.05, 4.69) is 11.4 Å². The van der Waals surface area contributed by atoms with Crippen LogP contribution in [0, 0.1) is 0 Å². The van der Waals surface area contributed by atoms with Crippen LogP contribution in [0.1, 0.15) is 32.6 Å². The summed E-state index contributed by atoms with van der Waals surface area (Å²) in [5, 5.41) is 3.64. The number of hydrogen-bond acceptors (Lipinski definition) is 3. The van der Waals surface area contributed by atoms with E-state index in [-0.39, 0.29) is 5.91 Å². The van der Waals surface area contributed by atoms with Gasteiger partial charge in [-0.25, -0.2) is 0 Å². The number of anilines is 1. The summed E-state index contributed by atoms with van der Waals surface area (Å²) < 4.78 is 5.04. The molecule has 3 nitrogen and oxygen atoms in total. The van der Waals surface area contributed by atoms with Crippen molar-refractivity contribution in [3.05, 3.63) is 24.3 Å². The van der Waals surface area contributed by atoms with Gasteiger partial charge in [-0.05, 0) is 31.9 Å². The third-order valence-corrected chi connectivity index (χ3v) is 4.88. The second-order valence-electron chi connectivity index (χ2n) is 4.89. The number of hydrogen-bond donors (Lipinski definition) is 1. The van der Waals surface area contributed by atoms with Crippen LogP contribution < -0.4 is 5.32 Å². The van der Waals surface area contributed by atoms with Gasteiger partial charge in [-0.2, -0.15) is 0 Å². The van der Waals surface area contributed by atoms with Gasteiger partial charge in [0, 0.05) is 17.3 Å². The van der Waals surface area contributed by atoms with Crippen LogP contribution in [0.5, 0.6) is 0 Å². The molecule has 0 aliphatic heterocycles. The zero-order valence-corrected chi connectivity index (χ0v) is 12.3. The molecule has 1 N–H and O–H groups in total. The fourth-order valence-electron chi connectivity index (χ4n) is 2.20. The number of para-hydroxylation sites is 1. The van der Waals surface area contributed by atoms with Crippen LogP contribution in [0.15, 0.2) is 29.2 Å². The van der Waals surface area contributed by atoms with Gasteiger partial charge in [-0.3, -0.25) is 4.79 Å². The lowest BCUT2D eigenvalue weighted by atomic mass is 10.3. The lowest BCUT2D eigenvalue weighted by molar-refractivity contribution is -0.124. The van der Waals surface area contributed by atoms with Gasteiger partial charge in [0.05, 0.1) is 5.69 Å². The van der Waals surface area contributed by atoms with Crippen LogP contribution in [0.2, 0.25) is 0 Å². The van der Waals surface area contributed by atoms with Crippen LogP contribution in [-0.2, 0) is 9.53 Å². The minimum Gasteiger partial charge on any atom is -0.372 e. The Hall–Kier alpha value is -1.00. The zero-order valence-electron chi connectivity index (χ0n) is 11.5. The summed E-state index contributed by atoms with van der Waals surface area (Å²) >= 11 is 1.88. The average Bonchev–Trinajstić information content (AvgIpc) is 2.93. The Balaban J connectivity index is 2.05. The molecule has 2 rings (SSSR count). The molecular weight excluding hydrogens is 258 g/mol. The van der Waals surface area contributed by atoms with Crippen molar-refractivity contribution in [3.8, 4) is 0 Å². The fraction of sp³-hybridized carbons (Fsp3) is 0.533. The van der Waals surface area contributed by atoms with Gasteiger partial charge < -0.3 is 10.1 Å². The Morgan fingerprint density at radius 2 is 2.05 bits per heavy atom. The van der Waals surface area contributed by atoms with Crippen molar-refractivity contribution in [1.82, 2.24) is 0 Å². The summed E-state index contributed by atoms with van der Waals surface area (Å²) in [6.45, 7) is 1.75. The van der Waals surface area contributed by atoms with E-state index in [1.165, 1.54) is 25.7 Å². The number of amides is 1. The van der Waals surface area contributed by atoms with Crippen molar-refractivity contribution < 1.29 is 9.53 Å². The molecule has 1 saturated carbocycles. The maximum absolute atomic E-state index is 11.9. The Labute approximate surface area is 119 Å². The third-order valence-electron chi connectivity index (χ3n) is 3.46. The minimum atomic E-state index is -0.426. The van der Waals surface area contributed by atoms with Gasteiger partial charge in [-0.1, -0.05) is 25.0 Å². The van der Waals surface area contributed by atoms with Crippen molar-refractivity contribution >= 4 is 23.4 Å². The Morgan fingerprint density at radius 3 is 2.74 bits per heavy atom. The van der Waals surface area contributed by atoms with Crippen LogP contribution in [0.25, 0.3) is 0 Å². The normalized spacial score (nSPS) is 17.4. The maximum atomic E-state index is 11.9. The highest BCUT2D eigenvalue weighted by atomic mass is 32.2. The summed E-state index contributed by atoms with van der Waals surface area (Å²) in [6.07, 6.45) is 4.78. The highest BCUT2D eigenvalue weighted by Crippen LogP contribution is 2.37. The highest BCUT2D eigenvalue weighted by molar-refractivity contribution is 8.00. The summed E-state index contributed by atoms with van der Waals surface area (Å²) in [5.41, 5.74) is 0.897. The Bertz CT molecular complexity index is 430. The molecule has 1 aromatic carbocycles. The van der Waals surface area contributed by atoms with E-state index >= 15 is 0 Å². The molecule has 0 spiro atoms.